The molecule has 0 aliphatic heterocycles. The highest BCUT2D eigenvalue weighted by atomic mass is 32.2. The molecule has 0 radical (unpaired) electrons. The first-order valence-corrected chi connectivity index (χ1v) is 10.9. The maximum absolute atomic E-state index is 12.4. The zero-order chi connectivity index (χ0) is 22.0. The van der Waals surface area contributed by atoms with Crippen molar-refractivity contribution >= 4 is 39.2 Å². The van der Waals surface area contributed by atoms with Crippen LogP contribution in [-0.4, -0.2) is 36.5 Å². The maximum atomic E-state index is 12.4. The molecule has 0 saturated heterocycles. The SMILES string of the molecule is CNS(=O)(=O)c1ccccc1-c1ccc2[nH]c(/C=C/c3ccc(C(=O)O)cc3)nc2c1. The number of fused-ring (bicyclic) bond motifs is 1. The lowest BCUT2D eigenvalue weighted by Crippen LogP contribution is -2.19. The number of carboxylic acid groups (broad SMARTS) is 1. The molecule has 0 fully saturated rings. The third-order valence-electron chi connectivity index (χ3n) is 4.85. The molecule has 0 spiro atoms. The summed E-state index contributed by atoms with van der Waals surface area (Å²) in [7, 11) is -2.21. The minimum Gasteiger partial charge on any atom is -0.478 e. The molecule has 0 atom stereocenters. The maximum Gasteiger partial charge on any atom is 0.335 e. The summed E-state index contributed by atoms with van der Waals surface area (Å²) >= 11 is 0. The highest BCUT2D eigenvalue weighted by Crippen LogP contribution is 2.29. The molecule has 1 heterocycles. The first-order valence-electron chi connectivity index (χ1n) is 9.41. The molecule has 3 N–H and O–H groups in total. The monoisotopic (exact) mass is 433 g/mol. The van der Waals surface area contributed by atoms with Crippen molar-refractivity contribution in [3.63, 3.8) is 0 Å². The van der Waals surface area contributed by atoms with Gasteiger partial charge in [0.15, 0.2) is 0 Å². The van der Waals surface area contributed by atoms with Gasteiger partial charge in [0.25, 0.3) is 0 Å². The highest BCUT2D eigenvalue weighted by Gasteiger charge is 2.17. The van der Waals surface area contributed by atoms with Crippen LogP contribution in [0.4, 0.5) is 0 Å². The summed E-state index contributed by atoms with van der Waals surface area (Å²) in [4.78, 5) is 18.9. The molecule has 1 aromatic heterocycles. The number of benzene rings is 3. The third-order valence-corrected chi connectivity index (χ3v) is 6.32. The zero-order valence-electron chi connectivity index (χ0n) is 16.5. The van der Waals surface area contributed by atoms with E-state index in [9.17, 15) is 13.2 Å². The molecule has 4 rings (SSSR count). The molecular weight excluding hydrogens is 414 g/mol. The fourth-order valence-electron chi connectivity index (χ4n) is 3.23. The Kier molecular flexibility index (Phi) is 5.41. The van der Waals surface area contributed by atoms with Gasteiger partial charge in [-0.25, -0.2) is 22.9 Å². The normalized spacial score (nSPS) is 11.9. The van der Waals surface area contributed by atoms with Crippen molar-refractivity contribution in [3.05, 3.63) is 83.7 Å². The minimum atomic E-state index is -3.60. The zero-order valence-corrected chi connectivity index (χ0v) is 17.3. The van der Waals surface area contributed by atoms with Crippen LogP contribution in [0.15, 0.2) is 71.6 Å². The van der Waals surface area contributed by atoms with E-state index in [1.54, 1.807) is 54.6 Å². The smallest absolute Gasteiger partial charge is 0.335 e. The molecule has 0 aliphatic carbocycles. The fraction of sp³-hybridized carbons (Fsp3) is 0.0435. The standard InChI is InChI=1S/C23H19N3O4S/c1-24-31(29,30)21-5-3-2-4-18(21)17-11-12-19-20(14-17)26-22(25-19)13-8-15-6-9-16(10-7-15)23(27)28/h2-14,24H,1H3,(H,25,26)(H,27,28)/b13-8+. The predicted molar refractivity (Wildman–Crippen MR) is 120 cm³/mol. The lowest BCUT2D eigenvalue weighted by Gasteiger charge is -2.09. The van der Waals surface area contributed by atoms with E-state index < -0.39 is 16.0 Å². The molecule has 0 amide bonds. The Labute approximate surface area is 179 Å². The number of aromatic nitrogens is 2. The molecule has 0 bridgehead atoms. The molecule has 0 saturated carbocycles. The van der Waals surface area contributed by atoms with Crippen molar-refractivity contribution in [1.29, 1.82) is 0 Å². The topological polar surface area (TPSA) is 112 Å². The van der Waals surface area contributed by atoms with Gasteiger partial charge in [-0.3, -0.25) is 0 Å². The van der Waals surface area contributed by atoms with Crippen molar-refractivity contribution in [3.8, 4) is 11.1 Å². The van der Waals surface area contributed by atoms with Crippen LogP contribution >= 0.6 is 0 Å². The number of hydrogen-bond donors (Lipinski definition) is 3. The van der Waals surface area contributed by atoms with Crippen LogP contribution in [-0.2, 0) is 10.0 Å². The summed E-state index contributed by atoms with van der Waals surface area (Å²) in [6.07, 6.45) is 3.63. The number of hydrogen-bond acceptors (Lipinski definition) is 4. The predicted octanol–water partition coefficient (Wildman–Crippen LogP) is 4.01. The number of nitrogens with one attached hydrogen (secondary N) is 2. The van der Waals surface area contributed by atoms with E-state index in [0.717, 1.165) is 16.6 Å². The van der Waals surface area contributed by atoms with Gasteiger partial charge in [0.1, 0.15) is 5.82 Å². The van der Waals surface area contributed by atoms with E-state index in [1.165, 1.54) is 7.05 Å². The summed E-state index contributed by atoms with van der Waals surface area (Å²) in [5.41, 5.74) is 3.94. The molecule has 156 valence electrons. The van der Waals surface area contributed by atoms with E-state index in [1.807, 2.05) is 24.3 Å². The van der Waals surface area contributed by atoms with Gasteiger partial charge in [-0.05, 0) is 54.6 Å². The summed E-state index contributed by atoms with van der Waals surface area (Å²) in [6.45, 7) is 0. The summed E-state index contributed by atoms with van der Waals surface area (Å²) in [6, 6.07) is 18.9. The number of carboxylic acids is 1. The van der Waals surface area contributed by atoms with E-state index in [-0.39, 0.29) is 10.5 Å². The Bertz CT molecular complexity index is 1400. The Morgan fingerprint density at radius 1 is 1.03 bits per heavy atom. The number of aromatic amines is 1. The van der Waals surface area contributed by atoms with Crippen molar-refractivity contribution < 1.29 is 18.3 Å². The average Bonchev–Trinajstić information content (AvgIpc) is 3.20. The summed E-state index contributed by atoms with van der Waals surface area (Å²) < 4.78 is 27.1. The minimum absolute atomic E-state index is 0.206. The van der Waals surface area contributed by atoms with E-state index in [4.69, 9.17) is 5.11 Å². The number of H-pyrrole nitrogens is 1. The second kappa shape index (κ2) is 8.17. The largest absolute Gasteiger partial charge is 0.478 e. The van der Waals surface area contributed by atoms with Crippen molar-refractivity contribution in [2.75, 3.05) is 7.05 Å². The molecule has 7 nitrogen and oxygen atoms in total. The van der Waals surface area contributed by atoms with Gasteiger partial charge in [-0.1, -0.05) is 42.5 Å². The van der Waals surface area contributed by atoms with Gasteiger partial charge in [-0.15, -0.1) is 0 Å². The Morgan fingerprint density at radius 2 is 1.77 bits per heavy atom. The fourth-order valence-corrected chi connectivity index (χ4v) is 4.19. The van der Waals surface area contributed by atoms with Crippen LogP contribution in [0, 0.1) is 0 Å². The Hall–Kier alpha value is -3.75. The summed E-state index contributed by atoms with van der Waals surface area (Å²) in [5, 5.41) is 8.97. The molecule has 3 aromatic carbocycles. The third kappa shape index (κ3) is 4.25. The van der Waals surface area contributed by atoms with E-state index in [2.05, 4.69) is 14.7 Å². The van der Waals surface area contributed by atoms with Gasteiger partial charge in [-0.2, -0.15) is 0 Å². The molecular formula is C23H19N3O4S. The lowest BCUT2D eigenvalue weighted by atomic mass is 10.1. The number of nitrogens with zero attached hydrogens (tertiary/aromatic N) is 1. The van der Waals surface area contributed by atoms with E-state index >= 15 is 0 Å². The average molecular weight is 433 g/mol. The lowest BCUT2D eigenvalue weighted by molar-refractivity contribution is 0.0697. The first kappa shape index (κ1) is 20.5. The van der Waals surface area contributed by atoms with Crippen LogP contribution in [0.2, 0.25) is 0 Å². The number of carbonyl (C=O) groups is 1. The van der Waals surface area contributed by atoms with Gasteiger partial charge in [0, 0.05) is 5.56 Å². The molecule has 8 heteroatoms. The van der Waals surface area contributed by atoms with Crippen LogP contribution < -0.4 is 4.72 Å². The van der Waals surface area contributed by atoms with Crippen molar-refractivity contribution in [2.24, 2.45) is 0 Å². The van der Waals surface area contributed by atoms with Crippen LogP contribution in [0.1, 0.15) is 21.7 Å². The molecule has 4 aromatic rings. The quantitative estimate of drug-likeness (QED) is 0.425. The van der Waals surface area contributed by atoms with Crippen molar-refractivity contribution in [1.82, 2.24) is 14.7 Å². The van der Waals surface area contributed by atoms with Crippen LogP contribution in [0.25, 0.3) is 34.3 Å². The van der Waals surface area contributed by atoms with Crippen LogP contribution in [0.3, 0.4) is 0 Å². The van der Waals surface area contributed by atoms with Gasteiger partial charge >= 0.3 is 5.97 Å². The Balaban J connectivity index is 1.66. The molecule has 0 unspecified atom stereocenters. The van der Waals surface area contributed by atoms with Crippen LogP contribution in [0.5, 0.6) is 0 Å². The first-order chi connectivity index (χ1) is 14.9. The van der Waals surface area contributed by atoms with Gasteiger partial charge in [0.05, 0.1) is 21.5 Å². The number of imidazole rings is 1. The summed E-state index contributed by atoms with van der Waals surface area (Å²) in [5.74, 6) is -0.335. The second-order valence-corrected chi connectivity index (χ2v) is 8.67. The van der Waals surface area contributed by atoms with Gasteiger partial charge in [0.2, 0.25) is 10.0 Å². The van der Waals surface area contributed by atoms with Gasteiger partial charge < -0.3 is 10.1 Å². The number of rotatable bonds is 6. The number of sulfonamides is 1. The second-order valence-electron chi connectivity index (χ2n) is 6.82. The molecule has 0 aliphatic rings. The van der Waals surface area contributed by atoms with E-state index in [0.29, 0.717) is 16.9 Å². The molecule has 31 heavy (non-hydrogen) atoms. The van der Waals surface area contributed by atoms with Crippen molar-refractivity contribution in [2.45, 2.75) is 4.90 Å². The highest BCUT2D eigenvalue weighted by molar-refractivity contribution is 7.89. The number of aromatic carboxylic acids is 1. The Morgan fingerprint density at radius 3 is 2.48 bits per heavy atom.